The van der Waals surface area contributed by atoms with Gasteiger partial charge in [-0.1, -0.05) is 11.6 Å². The smallest absolute Gasteiger partial charge is 0.246 e. The molecule has 0 bridgehead atoms. The van der Waals surface area contributed by atoms with Crippen molar-refractivity contribution in [2.75, 3.05) is 20.2 Å². The summed E-state index contributed by atoms with van der Waals surface area (Å²) < 4.78 is 5.24. The minimum Gasteiger partial charge on any atom is -0.496 e. The third-order valence-electron chi connectivity index (χ3n) is 3.37. The van der Waals surface area contributed by atoms with E-state index >= 15 is 0 Å². The summed E-state index contributed by atoms with van der Waals surface area (Å²) in [7, 11) is 1.59. The van der Waals surface area contributed by atoms with E-state index < -0.39 is 0 Å². The van der Waals surface area contributed by atoms with Crippen LogP contribution in [0.1, 0.15) is 18.4 Å². The largest absolute Gasteiger partial charge is 0.496 e. The molecule has 0 spiro atoms. The molecule has 0 saturated carbocycles. The number of methoxy groups -OCH3 is 1. The monoisotopic (exact) mass is 330 g/mol. The summed E-state index contributed by atoms with van der Waals surface area (Å²) in [6, 6.07) is 5.39. The topological polar surface area (TPSA) is 55.6 Å². The van der Waals surface area contributed by atoms with Gasteiger partial charge in [-0.05, 0) is 37.1 Å². The lowest BCUT2D eigenvalue weighted by Gasteiger charge is -2.29. The van der Waals surface area contributed by atoms with Crippen molar-refractivity contribution < 1.29 is 9.53 Å². The molecule has 1 atom stereocenters. The summed E-state index contributed by atoms with van der Waals surface area (Å²) in [5, 5.41) is 0.609. The first-order valence-electron chi connectivity index (χ1n) is 6.66. The molecule has 1 saturated heterocycles. The Morgan fingerprint density at radius 3 is 2.95 bits per heavy atom. The highest BCUT2D eigenvalue weighted by molar-refractivity contribution is 6.30. The van der Waals surface area contributed by atoms with Crippen molar-refractivity contribution in [1.29, 1.82) is 0 Å². The highest BCUT2D eigenvalue weighted by Crippen LogP contribution is 2.24. The number of amides is 1. The Hall–Kier alpha value is -1.23. The number of nitrogens with zero attached hydrogens (tertiary/aromatic N) is 1. The Labute approximate surface area is 136 Å². The van der Waals surface area contributed by atoms with Gasteiger partial charge in [0.15, 0.2) is 0 Å². The number of hydrogen-bond acceptors (Lipinski definition) is 3. The molecular formula is C15H20Cl2N2O2. The molecule has 0 aromatic heterocycles. The molecule has 4 nitrogen and oxygen atoms in total. The first-order valence-corrected chi connectivity index (χ1v) is 7.04. The van der Waals surface area contributed by atoms with Crippen LogP contribution in [0.4, 0.5) is 0 Å². The van der Waals surface area contributed by atoms with Crippen LogP contribution in [0, 0.1) is 0 Å². The second kappa shape index (κ2) is 8.27. The quantitative estimate of drug-likeness (QED) is 0.867. The maximum Gasteiger partial charge on any atom is 0.246 e. The first kappa shape index (κ1) is 17.8. The Kier molecular flexibility index (Phi) is 7.02. The summed E-state index contributed by atoms with van der Waals surface area (Å²) in [5.41, 5.74) is 6.67. The molecule has 1 fully saturated rings. The van der Waals surface area contributed by atoms with Crippen molar-refractivity contribution in [2.45, 2.75) is 18.9 Å². The summed E-state index contributed by atoms with van der Waals surface area (Å²) in [5.74, 6) is 0.663. The molecular weight excluding hydrogens is 311 g/mol. The molecule has 6 heteroatoms. The van der Waals surface area contributed by atoms with Crippen LogP contribution in [-0.2, 0) is 4.79 Å². The number of rotatable bonds is 3. The zero-order valence-electron chi connectivity index (χ0n) is 11.9. The summed E-state index contributed by atoms with van der Waals surface area (Å²) in [6.45, 7) is 1.39. The fourth-order valence-corrected chi connectivity index (χ4v) is 2.49. The molecule has 0 radical (unpaired) electrons. The molecule has 1 heterocycles. The molecule has 1 aromatic carbocycles. The van der Waals surface area contributed by atoms with Gasteiger partial charge >= 0.3 is 0 Å². The van der Waals surface area contributed by atoms with Gasteiger partial charge in [0.1, 0.15) is 5.75 Å². The summed E-state index contributed by atoms with van der Waals surface area (Å²) >= 11 is 5.96. The lowest BCUT2D eigenvalue weighted by Crippen LogP contribution is -2.45. The van der Waals surface area contributed by atoms with Crippen LogP contribution in [0.5, 0.6) is 5.75 Å². The van der Waals surface area contributed by atoms with Crippen LogP contribution in [0.25, 0.3) is 6.08 Å². The fraction of sp³-hybridized carbons (Fsp3) is 0.400. The number of hydrogen-bond donors (Lipinski definition) is 1. The molecule has 1 aromatic rings. The van der Waals surface area contributed by atoms with Crippen LogP contribution in [-0.4, -0.2) is 37.0 Å². The Bertz CT molecular complexity index is 520. The van der Waals surface area contributed by atoms with Crippen LogP contribution in [0.15, 0.2) is 24.3 Å². The average Bonchev–Trinajstić information content (AvgIpc) is 2.45. The van der Waals surface area contributed by atoms with Crippen LogP contribution < -0.4 is 10.5 Å². The van der Waals surface area contributed by atoms with E-state index in [1.807, 2.05) is 0 Å². The lowest BCUT2D eigenvalue weighted by atomic mass is 10.1. The van der Waals surface area contributed by atoms with Crippen LogP contribution in [0.2, 0.25) is 5.02 Å². The zero-order valence-corrected chi connectivity index (χ0v) is 13.5. The molecule has 0 aliphatic carbocycles. The van der Waals surface area contributed by atoms with Gasteiger partial charge in [0.2, 0.25) is 5.91 Å². The molecule has 1 aliphatic rings. The van der Waals surface area contributed by atoms with Crippen molar-refractivity contribution >= 4 is 36.0 Å². The number of nitrogens with two attached hydrogens (primary N) is 1. The molecule has 2 N–H and O–H groups in total. The predicted molar refractivity (Wildman–Crippen MR) is 88.1 cm³/mol. The normalized spacial score (nSPS) is 18.4. The molecule has 1 amide bonds. The van der Waals surface area contributed by atoms with E-state index in [1.165, 1.54) is 0 Å². The van der Waals surface area contributed by atoms with E-state index in [-0.39, 0.29) is 24.4 Å². The number of piperidine rings is 1. The standard InChI is InChI=1S/C15H19ClN2O2.ClH/c1-20-14-6-5-12(16)9-11(14)4-7-15(19)18-8-2-3-13(17)10-18;/h4-7,9,13H,2-3,8,10,17H2,1H3;1H/b7-4+;. The minimum absolute atomic E-state index is 0. The van der Waals surface area contributed by atoms with E-state index in [9.17, 15) is 4.79 Å². The predicted octanol–water partition coefficient (Wildman–Crippen LogP) is 2.73. The van der Waals surface area contributed by atoms with Crippen molar-refractivity contribution in [3.63, 3.8) is 0 Å². The van der Waals surface area contributed by atoms with Gasteiger partial charge in [0, 0.05) is 35.8 Å². The molecule has 2 rings (SSSR count). The summed E-state index contributed by atoms with van der Waals surface area (Å²) in [4.78, 5) is 13.9. The van der Waals surface area contributed by atoms with Crippen LogP contribution >= 0.6 is 24.0 Å². The number of benzene rings is 1. The van der Waals surface area contributed by atoms with Crippen LogP contribution in [0.3, 0.4) is 0 Å². The number of likely N-dealkylation sites (tertiary alicyclic amines) is 1. The minimum atomic E-state index is -0.0258. The van der Waals surface area contributed by atoms with Gasteiger partial charge in [0.25, 0.3) is 0 Å². The van der Waals surface area contributed by atoms with Gasteiger partial charge in [0.05, 0.1) is 7.11 Å². The van der Waals surface area contributed by atoms with Crippen molar-refractivity contribution in [3.8, 4) is 5.75 Å². The van der Waals surface area contributed by atoms with E-state index in [0.717, 1.165) is 24.9 Å². The number of halogens is 2. The second-order valence-corrected chi connectivity index (χ2v) is 5.34. The van der Waals surface area contributed by atoms with Gasteiger partial charge in [-0.3, -0.25) is 4.79 Å². The Morgan fingerprint density at radius 2 is 2.29 bits per heavy atom. The van der Waals surface area contributed by atoms with E-state index in [0.29, 0.717) is 17.3 Å². The molecule has 1 unspecified atom stereocenters. The number of carbonyl (C=O) groups excluding carboxylic acids is 1. The van der Waals surface area contributed by atoms with Gasteiger partial charge in [-0.15, -0.1) is 12.4 Å². The maximum atomic E-state index is 12.1. The van der Waals surface area contributed by atoms with Gasteiger partial charge in [-0.2, -0.15) is 0 Å². The van der Waals surface area contributed by atoms with E-state index in [4.69, 9.17) is 22.1 Å². The molecule has 116 valence electrons. The van der Waals surface area contributed by atoms with E-state index in [2.05, 4.69) is 0 Å². The van der Waals surface area contributed by atoms with Crippen molar-refractivity contribution in [2.24, 2.45) is 5.73 Å². The lowest BCUT2D eigenvalue weighted by molar-refractivity contribution is -0.127. The highest BCUT2D eigenvalue weighted by Gasteiger charge is 2.19. The van der Waals surface area contributed by atoms with Crippen molar-refractivity contribution in [3.05, 3.63) is 34.9 Å². The Morgan fingerprint density at radius 1 is 1.52 bits per heavy atom. The maximum absolute atomic E-state index is 12.1. The third-order valence-corrected chi connectivity index (χ3v) is 3.60. The number of carbonyl (C=O) groups is 1. The molecule has 1 aliphatic heterocycles. The second-order valence-electron chi connectivity index (χ2n) is 4.91. The average molecular weight is 331 g/mol. The van der Waals surface area contributed by atoms with E-state index in [1.54, 1.807) is 42.4 Å². The first-order chi connectivity index (χ1) is 9.60. The molecule has 21 heavy (non-hydrogen) atoms. The highest BCUT2D eigenvalue weighted by atomic mass is 35.5. The van der Waals surface area contributed by atoms with Crippen molar-refractivity contribution in [1.82, 2.24) is 4.90 Å². The summed E-state index contributed by atoms with van der Waals surface area (Å²) in [6.07, 6.45) is 5.22. The fourth-order valence-electron chi connectivity index (χ4n) is 2.31. The number of ether oxygens (including phenoxy) is 1. The SMILES string of the molecule is COc1ccc(Cl)cc1/C=C/C(=O)N1CCCC(N)C1.Cl. The van der Waals surface area contributed by atoms with Gasteiger partial charge < -0.3 is 15.4 Å². The van der Waals surface area contributed by atoms with Gasteiger partial charge in [-0.25, -0.2) is 0 Å². The zero-order chi connectivity index (χ0) is 14.5. The third kappa shape index (κ3) is 4.92. The Balaban J connectivity index is 0.00000220.